The molecular weight excluding hydrogens is 281 g/mol. The second-order valence-corrected chi connectivity index (χ2v) is 5.41. The number of nitrogens with zero attached hydrogens (tertiary/aromatic N) is 1. The normalized spacial score (nSPS) is 18.0. The molecule has 3 rings (SSSR count). The Bertz CT molecular complexity index is 660. The summed E-state index contributed by atoms with van der Waals surface area (Å²) in [4.78, 5) is 15.6. The number of hydrogen-bond donors (Lipinski definition) is 2. The Kier molecular flexibility index (Phi) is 4.44. The summed E-state index contributed by atoms with van der Waals surface area (Å²) in [6.07, 6.45) is 5.12. The van der Waals surface area contributed by atoms with E-state index in [1.165, 1.54) is 6.07 Å². The maximum absolute atomic E-state index is 14.2. The second kappa shape index (κ2) is 6.66. The van der Waals surface area contributed by atoms with Crippen molar-refractivity contribution in [3.63, 3.8) is 0 Å². The molecule has 1 aromatic heterocycles. The first-order valence-electron chi connectivity index (χ1n) is 7.44. The zero-order valence-electron chi connectivity index (χ0n) is 12.2. The first kappa shape index (κ1) is 14.7. The third-order valence-electron chi connectivity index (χ3n) is 3.89. The Labute approximate surface area is 128 Å². The summed E-state index contributed by atoms with van der Waals surface area (Å²) in [7, 11) is 0. The molecule has 1 aliphatic heterocycles. The third kappa shape index (κ3) is 3.31. The molecule has 0 aliphatic carbocycles. The molecule has 1 aliphatic rings. The van der Waals surface area contributed by atoms with Gasteiger partial charge in [0.05, 0.1) is 6.04 Å². The van der Waals surface area contributed by atoms with Crippen molar-refractivity contribution in [1.29, 1.82) is 0 Å². The Morgan fingerprint density at radius 1 is 1.23 bits per heavy atom. The van der Waals surface area contributed by atoms with Crippen LogP contribution in [0.4, 0.5) is 4.39 Å². The molecule has 0 bridgehead atoms. The van der Waals surface area contributed by atoms with Gasteiger partial charge in [-0.05, 0) is 42.2 Å². The molecule has 1 amide bonds. The van der Waals surface area contributed by atoms with Gasteiger partial charge >= 0.3 is 0 Å². The molecule has 0 saturated carbocycles. The van der Waals surface area contributed by atoms with Gasteiger partial charge in [0, 0.05) is 31.0 Å². The van der Waals surface area contributed by atoms with Crippen molar-refractivity contribution in [1.82, 2.24) is 15.6 Å². The summed E-state index contributed by atoms with van der Waals surface area (Å²) >= 11 is 0. The van der Waals surface area contributed by atoms with E-state index >= 15 is 0 Å². The van der Waals surface area contributed by atoms with Crippen molar-refractivity contribution in [2.45, 2.75) is 25.4 Å². The van der Waals surface area contributed by atoms with Crippen LogP contribution in [-0.2, 0) is 11.3 Å². The first-order valence-corrected chi connectivity index (χ1v) is 7.44. The summed E-state index contributed by atoms with van der Waals surface area (Å²) in [5, 5.41) is 5.94. The van der Waals surface area contributed by atoms with Crippen LogP contribution in [0.3, 0.4) is 0 Å². The summed E-state index contributed by atoms with van der Waals surface area (Å²) in [5.74, 6) is -0.266. The molecule has 1 atom stereocenters. The summed E-state index contributed by atoms with van der Waals surface area (Å²) in [6, 6.07) is 8.63. The molecule has 114 valence electrons. The summed E-state index contributed by atoms with van der Waals surface area (Å²) < 4.78 is 14.2. The number of benzene rings is 1. The number of pyridine rings is 1. The van der Waals surface area contributed by atoms with Crippen LogP contribution in [0, 0.1) is 5.82 Å². The van der Waals surface area contributed by atoms with Crippen molar-refractivity contribution in [2.24, 2.45) is 0 Å². The van der Waals surface area contributed by atoms with Gasteiger partial charge in [-0.15, -0.1) is 0 Å². The standard InChI is InChI=1S/C17H18FN3O/c18-15-10-13(12-5-8-19-9-6-12)3-4-14(15)11-21-16-2-1-7-20-17(16)22/h3-6,8-10,16,21H,1-2,7,11H2,(H,20,22). The topological polar surface area (TPSA) is 54.0 Å². The van der Waals surface area contributed by atoms with Gasteiger partial charge in [0.1, 0.15) is 5.82 Å². The van der Waals surface area contributed by atoms with Crippen molar-refractivity contribution in [2.75, 3.05) is 6.54 Å². The molecule has 1 aromatic carbocycles. The van der Waals surface area contributed by atoms with E-state index in [4.69, 9.17) is 0 Å². The quantitative estimate of drug-likeness (QED) is 0.910. The number of aromatic nitrogens is 1. The van der Waals surface area contributed by atoms with Crippen LogP contribution in [0.25, 0.3) is 11.1 Å². The highest BCUT2D eigenvalue weighted by Gasteiger charge is 2.21. The van der Waals surface area contributed by atoms with Crippen molar-refractivity contribution in [3.05, 3.63) is 54.1 Å². The van der Waals surface area contributed by atoms with Gasteiger partial charge in [-0.3, -0.25) is 9.78 Å². The molecule has 5 heteroatoms. The lowest BCUT2D eigenvalue weighted by molar-refractivity contribution is -0.124. The molecule has 1 saturated heterocycles. The van der Waals surface area contributed by atoms with Gasteiger partial charge in [0.25, 0.3) is 0 Å². The average molecular weight is 299 g/mol. The van der Waals surface area contributed by atoms with Gasteiger partial charge in [-0.25, -0.2) is 4.39 Å². The third-order valence-corrected chi connectivity index (χ3v) is 3.89. The minimum absolute atomic E-state index is 0.0000591. The zero-order valence-corrected chi connectivity index (χ0v) is 12.2. The molecule has 0 radical (unpaired) electrons. The van der Waals surface area contributed by atoms with E-state index in [0.717, 1.165) is 30.5 Å². The van der Waals surface area contributed by atoms with Crippen LogP contribution in [0.15, 0.2) is 42.7 Å². The van der Waals surface area contributed by atoms with Crippen LogP contribution in [0.1, 0.15) is 18.4 Å². The predicted molar refractivity (Wildman–Crippen MR) is 82.5 cm³/mol. The molecule has 4 nitrogen and oxygen atoms in total. The van der Waals surface area contributed by atoms with Crippen molar-refractivity contribution < 1.29 is 9.18 Å². The Morgan fingerprint density at radius 2 is 2.05 bits per heavy atom. The molecule has 1 unspecified atom stereocenters. The highest BCUT2D eigenvalue weighted by Crippen LogP contribution is 2.21. The van der Waals surface area contributed by atoms with Crippen LogP contribution in [-0.4, -0.2) is 23.5 Å². The first-order chi connectivity index (χ1) is 10.7. The molecule has 1 fully saturated rings. The number of amides is 1. The van der Waals surface area contributed by atoms with E-state index in [0.29, 0.717) is 12.1 Å². The lowest BCUT2D eigenvalue weighted by Crippen LogP contribution is -2.47. The number of rotatable bonds is 4. The minimum atomic E-state index is -0.266. The van der Waals surface area contributed by atoms with Crippen LogP contribution < -0.4 is 10.6 Å². The summed E-state index contributed by atoms with van der Waals surface area (Å²) in [5.41, 5.74) is 2.32. The smallest absolute Gasteiger partial charge is 0.237 e. The highest BCUT2D eigenvalue weighted by atomic mass is 19.1. The van der Waals surface area contributed by atoms with Crippen LogP contribution >= 0.6 is 0 Å². The summed E-state index contributed by atoms with van der Waals surface area (Å²) in [6.45, 7) is 1.08. The van der Waals surface area contributed by atoms with Crippen molar-refractivity contribution in [3.8, 4) is 11.1 Å². The number of carbonyl (C=O) groups is 1. The molecule has 2 N–H and O–H groups in total. The van der Waals surface area contributed by atoms with Gasteiger partial charge in [0.15, 0.2) is 0 Å². The maximum atomic E-state index is 14.2. The Balaban J connectivity index is 1.69. The van der Waals surface area contributed by atoms with E-state index < -0.39 is 0 Å². The Hall–Kier alpha value is -2.27. The van der Waals surface area contributed by atoms with E-state index in [2.05, 4.69) is 15.6 Å². The number of halogens is 1. The van der Waals surface area contributed by atoms with Crippen LogP contribution in [0.5, 0.6) is 0 Å². The fraction of sp³-hybridized carbons (Fsp3) is 0.294. The second-order valence-electron chi connectivity index (χ2n) is 5.41. The average Bonchev–Trinajstić information content (AvgIpc) is 2.56. The van der Waals surface area contributed by atoms with E-state index in [1.54, 1.807) is 18.5 Å². The number of carbonyl (C=O) groups excluding carboxylic acids is 1. The van der Waals surface area contributed by atoms with Gasteiger partial charge in [0.2, 0.25) is 5.91 Å². The number of hydrogen-bond acceptors (Lipinski definition) is 3. The molecule has 2 heterocycles. The van der Waals surface area contributed by atoms with Crippen molar-refractivity contribution >= 4 is 5.91 Å². The molecular formula is C17H18FN3O. The van der Waals surface area contributed by atoms with E-state index in [9.17, 15) is 9.18 Å². The van der Waals surface area contributed by atoms with Gasteiger partial charge < -0.3 is 10.6 Å². The van der Waals surface area contributed by atoms with Gasteiger partial charge in [-0.2, -0.15) is 0 Å². The SMILES string of the molecule is O=C1NCCCC1NCc1ccc(-c2ccncc2)cc1F. The van der Waals surface area contributed by atoms with Gasteiger partial charge in [-0.1, -0.05) is 12.1 Å². The highest BCUT2D eigenvalue weighted by molar-refractivity contribution is 5.82. The fourth-order valence-corrected chi connectivity index (χ4v) is 2.61. The minimum Gasteiger partial charge on any atom is -0.355 e. The lowest BCUT2D eigenvalue weighted by Gasteiger charge is -2.23. The Morgan fingerprint density at radius 3 is 2.77 bits per heavy atom. The molecule has 0 spiro atoms. The maximum Gasteiger partial charge on any atom is 0.237 e. The van der Waals surface area contributed by atoms with E-state index in [1.807, 2.05) is 18.2 Å². The number of nitrogens with one attached hydrogen (secondary N) is 2. The lowest BCUT2D eigenvalue weighted by atomic mass is 10.0. The zero-order chi connectivity index (χ0) is 15.4. The van der Waals surface area contributed by atoms with Crippen LogP contribution in [0.2, 0.25) is 0 Å². The fourth-order valence-electron chi connectivity index (χ4n) is 2.61. The molecule has 22 heavy (non-hydrogen) atoms. The predicted octanol–water partition coefficient (Wildman–Crippen LogP) is 2.26. The number of piperidine rings is 1. The molecule has 2 aromatic rings. The monoisotopic (exact) mass is 299 g/mol. The van der Waals surface area contributed by atoms with E-state index in [-0.39, 0.29) is 17.8 Å². The largest absolute Gasteiger partial charge is 0.355 e.